The highest BCUT2D eigenvalue weighted by molar-refractivity contribution is 7.99. The fourth-order valence-electron chi connectivity index (χ4n) is 11.3. The number of piperazine rings is 1. The highest BCUT2D eigenvalue weighted by atomic mass is 32.2. The smallest absolute Gasteiger partial charge is 0.493 e. The summed E-state index contributed by atoms with van der Waals surface area (Å²) in [5.74, 6) is 0.965. The lowest BCUT2D eigenvalue weighted by molar-refractivity contribution is -0.157. The van der Waals surface area contributed by atoms with Gasteiger partial charge in [-0.05, 0) is 102 Å². The van der Waals surface area contributed by atoms with Gasteiger partial charge in [-0.25, -0.2) is 9.59 Å². The van der Waals surface area contributed by atoms with Gasteiger partial charge in [0.05, 0.1) is 37.6 Å². The fourth-order valence-corrected chi connectivity index (χ4v) is 13.0. The second kappa shape index (κ2) is 18.5. The zero-order valence-electron chi connectivity index (χ0n) is 40.8. The van der Waals surface area contributed by atoms with Crippen LogP contribution in [0.4, 0.5) is 4.79 Å². The zero-order chi connectivity index (χ0) is 49.3. The third-order valence-electron chi connectivity index (χ3n) is 14.1. The maximum Gasteiger partial charge on any atom is 0.514 e. The quantitative estimate of drug-likeness (QED) is 0.127. The maximum absolute atomic E-state index is 15.3. The largest absolute Gasteiger partial charge is 0.514 e. The summed E-state index contributed by atoms with van der Waals surface area (Å²) in [6.07, 6.45) is 1.50. The number of rotatable bonds is 9. The number of hydrogen-bond donors (Lipinski definition) is 1. The molecule has 0 aliphatic carbocycles. The van der Waals surface area contributed by atoms with Crippen molar-refractivity contribution in [1.29, 1.82) is 5.26 Å². The number of carbonyl (C=O) groups is 4. The van der Waals surface area contributed by atoms with Gasteiger partial charge in [-0.3, -0.25) is 24.7 Å². The highest BCUT2D eigenvalue weighted by Crippen LogP contribution is 2.65. The number of fused-ring (bicyclic) bond motifs is 9. The number of carbonyl (C=O) groups excluding carboxylic acids is 4. The summed E-state index contributed by atoms with van der Waals surface area (Å²) >= 11 is 1.46. The van der Waals surface area contributed by atoms with E-state index in [-0.39, 0.29) is 49.5 Å². The number of nitriles is 1. The van der Waals surface area contributed by atoms with Crippen LogP contribution in [0.15, 0.2) is 18.2 Å². The summed E-state index contributed by atoms with van der Waals surface area (Å²) in [6.45, 7) is 12.8. The molecule has 2 saturated heterocycles. The second-order valence-electron chi connectivity index (χ2n) is 19.5. The molecule has 1 unspecified atom stereocenters. The molecule has 3 aromatic rings. The van der Waals surface area contributed by atoms with Gasteiger partial charge in [0, 0.05) is 59.5 Å². The normalized spacial score (nSPS) is 25.5. The molecule has 18 heteroatoms. The average molecular weight is 969 g/mol. The van der Waals surface area contributed by atoms with Crippen molar-refractivity contribution < 1.29 is 61.8 Å². The Morgan fingerprint density at radius 3 is 2.28 bits per heavy atom. The molecular weight excluding hydrogens is 909 g/mol. The van der Waals surface area contributed by atoms with E-state index in [1.165, 1.54) is 18.9 Å². The lowest BCUT2D eigenvalue weighted by atomic mass is 9.71. The van der Waals surface area contributed by atoms with Crippen LogP contribution in [0, 0.1) is 25.2 Å². The number of ether oxygens (including phenoxy) is 9. The number of esters is 3. The molecule has 368 valence electrons. The number of nitrogens with one attached hydrogen (secondary N) is 1. The minimum Gasteiger partial charge on any atom is -0.493 e. The number of hydrogen-bond acceptors (Lipinski definition) is 18. The van der Waals surface area contributed by atoms with Crippen LogP contribution in [-0.4, -0.2) is 105 Å². The summed E-state index contributed by atoms with van der Waals surface area (Å²) in [5, 5.41) is 14.3. The molecule has 0 aromatic heterocycles. The van der Waals surface area contributed by atoms with Crippen molar-refractivity contribution in [3.05, 3.63) is 62.7 Å². The third-order valence-corrected chi connectivity index (χ3v) is 15.6. The molecule has 0 saturated carbocycles. The minimum atomic E-state index is -1.48. The minimum absolute atomic E-state index is 0.0721. The molecule has 69 heavy (non-hydrogen) atoms. The second-order valence-corrected chi connectivity index (χ2v) is 20.6. The van der Waals surface area contributed by atoms with E-state index in [1.807, 2.05) is 34.7 Å². The molecule has 3 aromatic carbocycles. The Hall–Kier alpha value is -5.74. The Kier molecular flexibility index (Phi) is 13.0. The van der Waals surface area contributed by atoms with Gasteiger partial charge in [0.1, 0.15) is 24.0 Å². The Morgan fingerprint density at radius 2 is 1.61 bits per heavy atom. The molecule has 10 rings (SSSR count). The van der Waals surface area contributed by atoms with Crippen molar-refractivity contribution in [2.45, 2.75) is 134 Å². The summed E-state index contributed by atoms with van der Waals surface area (Å²) in [7, 11) is 5.01. The van der Waals surface area contributed by atoms with E-state index in [1.54, 1.807) is 40.0 Å². The van der Waals surface area contributed by atoms with Crippen LogP contribution in [0.1, 0.15) is 122 Å². The lowest BCUT2D eigenvalue weighted by Gasteiger charge is -2.62. The molecule has 17 nitrogen and oxygen atoms in total. The molecule has 7 aliphatic rings. The van der Waals surface area contributed by atoms with Gasteiger partial charge in [-0.2, -0.15) is 5.26 Å². The van der Waals surface area contributed by atoms with E-state index in [2.05, 4.69) is 27.3 Å². The van der Waals surface area contributed by atoms with Gasteiger partial charge >= 0.3 is 24.1 Å². The maximum atomic E-state index is 15.3. The van der Waals surface area contributed by atoms with Crippen molar-refractivity contribution in [1.82, 2.24) is 15.1 Å². The number of benzene rings is 3. The van der Waals surface area contributed by atoms with Gasteiger partial charge in [0.2, 0.25) is 6.79 Å². The van der Waals surface area contributed by atoms with Crippen LogP contribution in [0.5, 0.6) is 40.2 Å². The SMILES string of the molecule is CCCC(=O)Oc1c(C)c2c(c3c1[C@H]1SC[C@]4(NCCc5cc(OC(=O)OC(C)(C)C)c(OC)cc54)C(=O)OC[C@@H]3N3C1[C@H]1c4c(cc(C)c(OC)c4OC(=O)CCC)C[C@@H]([C@@H]3C#N)N1C)OCO2. The van der Waals surface area contributed by atoms with E-state index in [0.29, 0.717) is 83.2 Å². The summed E-state index contributed by atoms with van der Waals surface area (Å²) in [5.41, 5.74) is 3.35. The topological polar surface area (TPSA) is 194 Å². The van der Waals surface area contributed by atoms with Gasteiger partial charge in [0.25, 0.3) is 0 Å². The standard InChI is InChI=1S/C51H60N4O13S/c1-11-13-35(56)66-43-26(4)44-45(64-24-63-44)38-32-22-62-48(58)51(29-20-33(60-9)34(19-27(29)15-16-53-51)65-49(59)68-50(5,6)7)23-69-47(39(38)43)41-40-37-28(18-30(54(40)8)31(21-52)55(32)41)17-25(3)42(61-10)46(37)67-36(57)14-12-2/h17,19-20,30-32,40-41,47,53H,11-16,18,22-24H2,1-10H3/t30-,31-,32-,40+,41?,47+,51+/m0/s1. The molecule has 4 bridgehead atoms. The summed E-state index contributed by atoms with van der Waals surface area (Å²) in [6, 6.07) is 5.06. The Bertz CT molecular complexity index is 2660. The zero-order valence-corrected chi connectivity index (χ0v) is 41.6. The lowest BCUT2D eigenvalue weighted by Crippen LogP contribution is -2.69. The van der Waals surface area contributed by atoms with E-state index in [0.717, 1.165) is 22.3 Å². The van der Waals surface area contributed by atoms with Crippen LogP contribution in [0.2, 0.25) is 0 Å². The predicted octanol–water partition coefficient (Wildman–Crippen LogP) is 7.38. The van der Waals surface area contributed by atoms with Gasteiger partial charge < -0.3 is 42.6 Å². The van der Waals surface area contributed by atoms with E-state index in [4.69, 9.17) is 42.6 Å². The van der Waals surface area contributed by atoms with Crippen molar-refractivity contribution in [2.24, 2.45) is 0 Å². The highest BCUT2D eigenvalue weighted by Gasteiger charge is 2.62. The van der Waals surface area contributed by atoms with E-state index >= 15 is 4.79 Å². The van der Waals surface area contributed by atoms with Crippen molar-refractivity contribution in [3.8, 4) is 46.3 Å². The van der Waals surface area contributed by atoms with E-state index < -0.39 is 64.6 Å². The number of thioether (sulfide) groups is 1. The van der Waals surface area contributed by atoms with Crippen LogP contribution in [0.25, 0.3) is 0 Å². The number of likely N-dealkylation sites (N-methyl/N-ethyl adjacent to an activating group) is 1. The Morgan fingerprint density at radius 1 is 0.899 bits per heavy atom. The number of aryl methyl sites for hydroxylation is 1. The van der Waals surface area contributed by atoms with Gasteiger partial charge in [0.15, 0.2) is 40.0 Å². The number of nitrogens with zero attached hydrogens (tertiary/aromatic N) is 3. The van der Waals surface area contributed by atoms with Crippen LogP contribution >= 0.6 is 11.8 Å². The fraction of sp³-hybridized carbons (Fsp3) is 0.549. The van der Waals surface area contributed by atoms with E-state index in [9.17, 15) is 19.6 Å². The number of methoxy groups -OCH3 is 2. The molecule has 1 N–H and O–H groups in total. The average Bonchev–Trinajstić information content (AvgIpc) is 3.79. The third kappa shape index (κ3) is 8.08. The van der Waals surface area contributed by atoms with Crippen LogP contribution in [-0.2, 0) is 42.2 Å². The molecule has 7 heterocycles. The molecule has 2 fully saturated rings. The first-order chi connectivity index (χ1) is 33.0. The first-order valence-corrected chi connectivity index (χ1v) is 24.7. The molecule has 0 amide bonds. The molecule has 0 radical (unpaired) electrons. The first kappa shape index (κ1) is 48.3. The predicted molar refractivity (Wildman–Crippen MR) is 251 cm³/mol. The van der Waals surface area contributed by atoms with Crippen molar-refractivity contribution in [3.63, 3.8) is 0 Å². The summed E-state index contributed by atoms with van der Waals surface area (Å²) in [4.78, 5) is 60.0. The molecule has 1 spiro atoms. The van der Waals surface area contributed by atoms with Gasteiger partial charge in [-0.15, -0.1) is 11.8 Å². The molecule has 7 aliphatic heterocycles. The van der Waals surface area contributed by atoms with Gasteiger partial charge in [-0.1, -0.05) is 19.9 Å². The monoisotopic (exact) mass is 968 g/mol. The Labute approximate surface area is 406 Å². The van der Waals surface area contributed by atoms with Crippen LogP contribution in [0.3, 0.4) is 0 Å². The molecule has 7 atom stereocenters. The van der Waals surface area contributed by atoms with Crippen molar-refractivity contribution in [2.75, 3.05) is 47.0 Å². The first-order valence-electron chi connectivity index (χ1n) is 23.6. The van der Waals surface area contributed by atoms with Crippen LogP contribution < -0.4 is 38.5 Å². The molecular formula is C51H60N4O13S. The van der Waals surface area contributed by atoms with Crippen molar-refractivity contribution >= 4 is 35.8 Å². The summed E-state index contributed by atoms with van der Waals surface area (Å²) < 4.78 is 55.0. The Balaban J connectivity index is 1.29.